The van der Waals surface area contributed by atoms with Gasteiger partial charge in [-0.25, -0.2) is 14.6 Å². The zero-order valence-corrected chi connectivity index (χ0v) is 23.0. The number of nitrogens with one attached hydrogen (secondary N) is 3. The van der Waals surface area contributed by atoms with Crippen molar-refractivity contribution < 1.29 is 28.7 Å². The molecule has 1 aliphatic heterocycles. The average molecular weight is 568 g/mol. The Kier molecular flexibility index (Phi) is 8.17. The van der Waals surface area contributed by atoms with Crippen LogP contribution in [-0.2, 0) is 19.1 Å². The van der Waals surface area contributed by atoms with Gasteiger partial charge in [0.25, 0.3) is 0 Å². The summed E-state index contributed by atoms with van der Waals surface area (Å²) in [5.41, 5.74) is -1.20. The van der Waals surface area contributed by atoms with Crippen molar-refractivity contribution >= 4 is 45.7 Å². The van der Waals surface area contributed by atoms with Gasteiger partial charge in [0.2, 0.25) is 11.8 Å². The second-order valence-electron chi connectivity index (χ2n) is 10.6. The number of halogens is 1. The second kappa shape index (κ2) is 10.6. The zero-order chi connectivity index (χ0) is 26.8. The molecule has 1 aliphatic carbocycles. The highest BCUT2D eigenvalue weighted by Gasteiger charge is 2.68. The third kappa shape index (κ3) is 6.45. The summed E-state index contributed by atoms with van der Waals surface area (Å²) in [6.45, 7) is 9.18. The molecule has 12 heteroatoms. The predicted molar refractivity (Wildman–Crippen MR) is 135 cm³/mol. The van der Waals surface area contributed by atoms with Crippen LogP contribution in [0.2, 0.25) is 0 Å². The quantitative estimate of drug-likeness (QED) is 0.430. The molecule has 198 valence electrons. The number of carbonyl (C=O) groups is 4. The van der Waals surface area contributed by atoms with E-state index in [0.717, 1.165) is 0 Å². The number of fused-ring (bicyclic) bond motifs is 1. The molecule has 2 heterocycles. The lowest BCUT2D eigenvalue weighted by molar-refractivity contribution is -0.124. The van der Waals surface area contributed by atoms with Crippen LogP contribution in [0.5, 0.6) is 0 Å². The van der Waals surface area contributed by atoms with Gasteiger partial charge in [-0.2, -0.15) is 0 Å². The summed E-state index contributed by atoms with van der Waals surface area (Å²) in [5.74, 6) is -0.549. The minimum absolute atomic E-state index is 0.172. The van der Waals surface area contributed by atoms with Crippen LogP contribution in [0.25, 0.3) is 0 Å². The number of nitrogens with zero attached hydrogens (tertiary/aromatic N) is 2. The normalized spacial score (nSPS) is 23.4. The molecule has 36 heavy (non-hydrogen) atoms. The fourth-order valence-corrected chi connectivity index (χ4v) is 4.81. The molecule has 4 atom stereocenters. The number of piperidine rings is 1. The lowest BCUT2D eigenvalue weighted by Crippen LogP contribution is -2.50. The van der Waals surface area contributed by atoms with E-state index in [-0.39, 0.29) is 30.3 Å². The van der Waals surface area contributed by atoms with E-state index in [1.807, 2.05) is 13.8 Å². The summed E-state index contributed by atoms with van der Waals surface area (Å²) in [6, 6.07) is 3.32. The van der Waals surface area contributed by atoms with Gasteiger partial charge in [-0.05, 0) is 67.6 Å². The van der Waals surface area contributed by atoms with E-state index in [2.05, 4.69) is 41.6 Å². The number of hydrogen-bond donors (Lipinski definition) is 3. The maximum Gasteiger partial charge on any atom is 0.411 e. The Balaban J connectivity index is 1.75. The van der Waals surface area contributed by atoms with Crippen LogP contribution in [0.1, 0.15) is 47.5 Å². The number of ether oxygens (including phenoxy) is 2. The first-order valence-corrected chi connectivity index (χ1v) is 12.6. The zero-order valence-electron chi connectivity index (χ0n) is 21.4. The van der Waals surface area contributed by atoms with Gasteiger partial charge in [0.1, 0.15) is 28.1 Å². The van der Waals surface area contributed by atoms with Gasteiger partial charge in [-0.15, -0.1) is 0 Å². The molecule has 1 saturated heterocycles. The van der Waals surface area contributed by atoms with E-state index in [9.17, 15) is 19.2 Å². The Hall–Kier alpha value is -2.89. The van der Waals surface area contributed by atoms with Crippen molar-refractivity contribution in [1.82, 2.24) is 20.5 Å². The molecule has 0 aromatic carbocycles. The second-order valence-corrected chi connectivity index (χ2v) is 11.4. The molecule has 2 aliphatic rings. The van der Waals surface area contributed by atoms with Crippen LogP contribution in [-0.4, -0.2) is 71.3 Å². The SMILES string of the molecule is COC(=O)N[C@H](C(=O)NCC12CC(C(=O)Nc3cccc(Br)n3)N(C(=O)OC(C)(C)C)C1C2)C(C)C. The van der Waals surface area contributed by atoms with Crippen LogP contribution in [0.15, 0.2) is 22.8 Å². The Morgan fingerprint density at radius 3 is 2.50 bits per heavy atom. The van der Waals surface area contributed by atoms with Gasteiger partial charge in [-0.1, -0.05) is 19.9 Å². The molecule has 3 unspecified atom stereocenters. The summed E-state index contributed by atoms with van der Waals surface area (Å²) in [5, 5.41) is 8.23. The molecular weight excluding hydrogens is 534 g/mol. The molecule has 3 N–H and O–H groups in total. The maximum atomic E-state index is 13.2. The fourth-order valence-electron chi connectivity index (χ4n) is 4.47. The number of methoxy groups -OCH3 is 1. The Labute approximate surface area is 219 Å². The van der Waals surface area contributed by atoms with Gasteiger partial charge in [0.15, 0.2) is 0 Å². The monoisotopic (exact) mass is 567 g/mol. The van der Waals surface area contributed by atoms with Crippen LogP contribution in [0, 0.1) is 11.3 Å². The number of amides is 4. The number of hydrogen-bond acceptors (Lipinski definition) is 7. The summed E-state index contributed by atoms with van der Waals surface area (Å²) < 4.78 is 10.8. The van der Waals surface area contributed by atoms with Crippen LogP contribution in [0.4, 0.5) is 15.4 Å². The molecule has 0 bridgehead atoms. The molecule has 11 nitrogen and oxygen atoms in total. The van der Waals surface area contributed by atoms with Gasteiger partial charge in [-0.3, -0.25) is 14.5 Å². The first-order chi connectivity index (χ1) is 16.8. The highest BCUT2D eigenvalue weighted by atomic mass is 79.9. The standard InChI is InChI=1S/C24H34BrN5O6/c1-13(2)18(29-21(33)35-6)20(32)26-12-24-10-14(19(31)28-17-9-7-8-16(25)27-17)30(15(24)11-24)22(34)36-23(3,4)5/h7-9,13-15,18H,10-12H2,1-6H3,(H,26,32)(H,29,33)(H,27,28,31)/t14?,15?,18-,24?/m0/s1. The predicted octanol–water partition coefficient (Wildman–Crippen LogP) is 3.05. The van der Waals surface area contributed by atoms with E-state index in [0.29, 0.717) is 23.3 Å². The molecule has 1 aromatic rings. The van der Waals surface area contributed by atoms with Crippen molar-refractivity contribution in [3.63, 3.8) is 0 Å². The largest absolute Gasteiger partial charge is 0.453 e. The number of carbonyl (C=O) groups excluding carboxylic acids is 4. The van der Waals surface area contributed by atoms with E-state index >= 15 is 0 Å². The smallest absolute Gasteiger partial charge is 0.411 e. The van der Waals surface area contributed by atoms with Crippen LogP contribution in [0.3, 0.4) is 0 Å². The van der Waals surface area contributed by atoms with Gasteiger partial charge in [0, 0.05) is 18.0 Å². The van der Waals surface area contributed by atoms with Crippen molar-refractivity contribution in [3.05, 3.63) is 22.8 Å². The fraction of sp³-hybridized carbons (Fsp3) is 0.625. The van der Waals surface area contributed by atoms with Crippen LogP contribution < -0.4 is 16.0 Å². The van der Waals surface area contributed by atoms with E-state index in [4.69, 9.17) is 4.74 Å². The van der Waals surface area contributed by atoms with Crippen molar-refractivity contribution in [2.24, 2.45) is 11.3 Å². The molecule has 4 amide bonds. The topological polar surface area (TPSA) is 139 Å². The first-order valence-electron chi connectivity index (χ1n) is 11.8. The summed E-state index contributed by atoms with van der Waals surface area (Å²) in [7, 11) is 1.23. The lowest BCUT2D eigenvalue weighted by Gasteiger charge is -2.29. The molecule has 0 radical (unpaired) electrons. The Bertz CT molecular complexity index is 1030. The van der Waals surface area contributed by atoms with Crippen molar-refractivity contribution in [3.8, 4) is 0 Å². The summed E-state index contributed by atoms with van der Waals surface area (Å²) >= 11 is 3.28. The molecule has 2 fully saturated rings. The summed E-state index contributed by atoms with van der Waals surface area (Å²) in [6.07, 6.45) is -0.287. The molecule has 0 spiro atoms. The Morgan fingerprint density at radius 1 is 1.22 bits per heavy atom. The number of rotatable bonds is 7. The van der Waals surface area contributed by atoms with E-state index in [1.54, 1.807) is 39.0 Å². The third-order valence-corrected chi connectivity index (χ3v) is 6.76. The average Bonchev–Trinajstić information content (AvgIpc) is 3.37. The highest BCUT2D eigenvalue weighted by Crippen LogP contribution is 2.59. The van der Waals surface area contributed by atoms with Gasteiger partial charge >= 0.3 is 12.2 Å². The van der Waals surface area contributed by atoms with Gasteiger partial charge < -0.3 is 25.4 Å². The number of anilines is 1. The molecule has 3 rings (SSSR count). The van der Waals surface area contributed by atoms with E-state index in [1.165, 1.54) is 12.0 Å². The number of pyridine rings is 1. The maximum absolute atomic E-state index is 13.2. The number of alkyl carbamates (subject to hydrolysis) is 1. The van der Waals surface area contributed by atoms with E-state index < -0.39 is 35.3 Å². The molecule has 1 aromatic heterocycles. The van der Waals surface area contributed by atoms with Gasteiger partial charge in [0.05, 0.1) is 7.11 Å². The first kappa shape index (κ1) is 27.7. The summed E-state index contributed by atoms with van der Waals surface area (Å²) in [4.78, 5) is 56.6. The minimum atomic E-state index is -0.787. The van der Waals surface area contributed by atoms with Crippen LogP contribution >= 0.6 is 15.9 Å². The molecule has 1 saturated carbocycles. The van der Waals surface area contributed by atoms with Crippen molar-refractivity contribution in [1.29, 1.82) is 0 Å². The highest BCUT2D eigenvalue weighted by molar-refractivity contribution is 9.10. The third-order valence-electron chi connectivity index (χ3n) is 6.31. The lowest BCUT2D eigenvalue weighted by atomic mass is 9.98. The van der Waals surface area contributed by atoms with Crippen molar-refractivity contribution in [2.45, 2.75) is 71.2 Å². The number of likely N-dealkylation sites (tertiary alicyclic amines) is 1. The minimum Gasteiger partial charge on any atom is -0.453 e. The number of aromatic nitrogens is 1. The van der Waals surface area contributed by atoms with Crippen molar-refractivity contribution in [2.75, 3.05) is 19.0 Å². The Morgan fingerprint density at radius 2 is 1.92 bits per heavy atom. The molecular formula is C24H34BrN5O6.